The van der Waals surface area contributed by atoms with Crippen LogP contribution in [0.4, 0.5) is 5.69 Å². The molecule has 0 spiro atoms. The summed E-state index contributed by atoms with van der Waals surface area (Å²) in [5.41, 5.74) is 2.21. The summed E-state index contributed by atoms with van der Waals surface area (Å²) in [6.07, 6.45) is 1.57. The SMILES string of the molecule is CC(C)c1ccc(N(C(=O)c2ccc3c(c2)OCO3)[C@@H]2C=CS(=O)(=O)C2)cc1. The second-order valence-electron chi connectivity index (χ2n) is 7.21. The van der Waals surface area contributed by atoms with Gasteiger partial charge in [0.25, 0.3) is 5.91 Å². The third kappa shape index (κ3) is 3.49. The van der Waals surface area contributed by atoms with Crippen LogP contribution in [0.2, 0.25) is 0 Å². The first-order valence-corrected chi connectivity index (χ1v) is 10.8. The molecule has 0 unspecified atom stereocenters. The molecule has 0 saturated heterocycles. The van der Waals surface area contributed by atoms with Crippen LogP contribution in [0.1, 0.15) is 35.7 Å². The van der Waals surface area contributed by atoms with Gasteiger partial charge in [-0.05, 0) is 47.9 Å². The summed E-state index contributed by atoms with van der Waals surface area (Å²) in [6.45, 7) is 4.31. The van der Waals surface area contributed by atoms with Gasteiger partial charge in [0.2, 0.25) is 6.79 Å². The van der Waals surface area contributed by atoms with Crippen LogP contribution in [0.5, 0.6) is 11.5 Å². The molecular formula is C21H21NO5S. The molecule has 0 bridgehead atoms. The van der Waals surface area contributed by atoms with Crippen LogP contribution in [-0.4, -0.2) is 32.9 Å². The van der Waals surface area contributed by atoms with Crippen LogP contribution in [-0.2, 0) is 9.84 Å². The van der Waals surface area contributed by atoms with Gasteiger partial charge in [-0.1, -0.05) is 26.0 Å². The van der Waals surface area contributed by atoms with E-state index in [1.165, 1.54) is 10.3 Å². The minimum atomic E-state index is -3.31. The van der Waals surface area contributed by atoms with Gasteiger partial charge < -0.3 is 14.4 Å². The van der Waals surface area contributed by atoms with E-state index in [0.29, 0.717) is 28.7 Å². The van der Waals surface area contributed by atoms with Gasteiger partial charge >= 0.3 is 0 Å². The quantitative estimate of drug-likeness (QED) is 0.787. The largest absolute Gasteiger partial charge is 0.454 e. The average Bonchev–Trinajstić information content (AvgIpc) is 3.27. The molecule has 0 radical (unpaired) electrons. The minimum Gasteiger partial charge on any atom is -0.454 e. The number of hydrogen-bond acceptors (Lipinski definition) is 5. The van der Waals surface area contributed by atoms with Gasteiger partial charge in [0, 0.05) is 16.7 Å². The summed E-state index contributed by atoms with van der Waals surface area (Å²) in [6, 6.07) is 12.1. The van der Waals surface area contributed by atoms with Crippen LogP contribution < -0.4 is 14.4 Å². The lowest BCUT2D eigenvalue weighted by atomic mass is 10.0. The monoisotopic (exact) mass is 399 g/mol. The number of anilines is 1. The Morgan fingerprint density at radius 2 is 1.79 bits per heavy atom. The number of amides is 1. The first-order chi connectivity index (χ1) is 13.3. The molecule has 0 aliphatic carbocycles. The second-order valence-corrected chi connectivity index (χ2v) is 9.15. The fourth-order valence-corrected chi connectivity index (χ4v) is 4.64. The second kappa shape index (κ2) is 6.98. The number of fused-ring (bicyclic) bond motifs is 1. The summed E-state index contributed by atoms with van der Waals surface area (Å²) in [4.78, 5) is 14.9. The van der Waals surface area contributed by atoms with Crippen LogP contribution in [0.3, 0.4) is 0 Å². The number of rotatable bonds is 4. The molecule has 0 fully saturated rings. The van der Waals surface area contributed by atoms with E-state index < -0.39 is 15.9 Å². The van der Waals surface area contributed by atoms with Crippen molar-refractivity contribution in [1.29, 1.82) is 0 Å². The van der Waals surface area contributed by atoms with Gasteiger partial charge in [-0.25, -0.2) is 8.42 Å². The molecule has 0 N–H and O–H groups in total. The molecule has 2 heterocycles. The molecule has 4 rings (SSSR count). The molecule has 146 valence electrons. The molecule has 28 heavy (non-hydrogen) atoms. The van der Waals surface area contributed by atoms with Gasteiger partial charge in [-0.3, -0.25) is 4.79 Å². The highest BCUT2D eigenvalue weighted by molar-refractivity contribution is 7.94. The van der Waals surface area contributed by atoms with E-state index in [0.717, 1.165) is 5.56 Å². The van der Waals surface area contributed by atoms with E-state index in [2.05, 4.69) is 13.8 Å². The van der Waals surface area contributed by atoms with E-state index in [-0.39, 0.29) is 18.5 Å². The lowest BCUT2D eigenvalue weighted by molar-refractivity contribution is 0.0982. The lowest BCUT2D eigenvalue weighted by Crippen LogP contribution is -2.41. The maximum absolute atomic E-state index is 13.4. The molecule has 6 nitrogen and oxygen atoms in total. The summed E-state index contributed by atoms with van der Waals surface area (Å²) in [5, 5.41) is 1.18. The van der Waals surface area contributed by atoms with Gasteiger partial charge in [0.05, 0.1) is 11.8 Å². The van der Waals surface area contributed by atoms with Crippen molar-refractivity contribution in [3.63, 3.8) is 0 Å². The van der Waals surface area contributed by atoms with Crippen molar-refractivity contribution in [1.82, 2.24) is 0 Å². The summed E-state index contributed by atoms with van der Waals surface area (Å²) < 4.78 is 34.6. The number of benzene rings is 2. The number of ether oxygens (including phenoxy) is 2. The predicted octanol–water partition coefficient (Wildman–Crippen LogP) is 3.50. The first-order valence-electron chi connectivity index (χ1n) is 9.08. The maximum Gasteiger partial charge on any atom is 0.258 e. The normalized spacial score (nSPS) is 19.2. The van der Waals surface area contributed by atoms with E-state index in [1.807, 2.05) is 24.3 Å². The van der Waals surface area contributed by atoms with E-state index in [4.69, 9.17) is 9.47 Å². The van der Waals surface area contributed by atoms with Crippen molar-refractivity contribution < 1.29 is 22.7 Å². The summed E-state index contributed by atoms with van der Waals surface area (Å²) >= 11 is 0. The van der Waals surface area contributed by atoms with Crippen molar-refractivity contribution in [3.8, 4) is 11.5 Å². The highest BCUT2D eigenvalue weighted by atomic mass is 32.2. The van der Waals surface area contributed by atoms with E-state index >= 15 is 0 Å². The molecule has 2 aromatic carbocycles. The van der Waals surface area contributed by atoms with E-state index in [9.17, 15) is 13.2 Å². The molecule has 0 saturated carbocycles. The smallest absolute Gasteiger partial charge is 0.258 e. The highest BCUT2D eigenvalue weighted by Crippen LogP contribution is 2.34. The Balaban J connectivity index is 1.72. The topological polar surface area (TPSA) is 72.9 Å². The maximum atomic E-state index is 13.4. The molecule has 2 aliphatic heterocycles. The molecular weight excluding hydrogens is 378 g/mol. The standard InChI is InChI=1S/C21H21NO5S/c1-14(2)15-3-6-17(7-4-15)22(18-9-10-28(24,25)12-18)21(23)16-5-8-19-20(11-16)27-13-26-19/h3-11,14,18H,12-13H2,1-2H3/t18-/m1/s1. The van der Waals surface area contributed by atoms with Crippen molar-refractivity contribution >= 4 is 21.4 Å². The molecule has 7 heteroatoms. The predicted molar refractivity (Wildman–Crippen MR) is 107 cm³/mol. The van der Waals surface area contributed by atoms with Crippen LogP contribution in [0.25, 0.3) is 0 Å². The van der Waals surface area contributed by atoms with Gasteiger partial charge in [-0.15, -0.1) is 0 Å². The fourth-order valence-electron chi connectivity index (χ4n) is 3.37. The van der Waals surface area contributed by atoms with Crippen molar-refractivity contribution in [2.24, 2.45) is 0 Å². The van der Waals surface area contributed by atoms with Crippen molar-refractivity contribution in [2.75, 3.05) is 17.4 Å². The van der Waals surface area contributed by atoms with Gasteiger partial charge in [0.1, 0.15) is 0 Å². The third-order valence-electron chi connectivity index (χ3n) is 4.92. The zero-order valence-electron chi connectivity index (χ0n) is 15.7. The molecule has 1 amide bonds. The Bertz CT molecular complexity index is 1040. The highest BCUT2D eigenvalue weighted by Gasteiger charge is 2.32. The Hall–Kier alpha value is -2.80. The Morgan fingerprint density at radius 3 is 2.43 bits per heavy atom. The average molecular weight is 399 g/mol. The summed E-state index contributed by atoms with van der Waals surface area (Å²) in [7, 11) is -3.31. The fraction of sp³-hybridized carbons (Fsp3) is 0.286. The Labute approximate surface area is 164 Å². The molecule has 1 atom stereocenters. The number of nitrogens with zero attached hydrogens (tertiary/aromatic N) is 1. The lowest BCUT2D eigenvalue weighted by Gasteiger charge is -2.28. The van der Waals surface area contributed by atoms with Crippen LogP contribution in [0.15, 0.2) is 53.9 Å². The first kappa shape index (κ1) is 18.6. The zero-order chi connectivity index (χ0) is 19.9. The van der Waals surface area contributed by atoms with Crippen LogP contribution in [0, 0.1) is 0 Å². The van der Waals surface area contributed by atoms with Gasteiger partial charge in [-0.2, -0.15) is 0 Å². The molecule has 0 aromatic heterocycles. The molecule has 2 aliphatic rings. The van der Waals surface area contributed by atoms with Crippen molar-refractivity contribution in [3.05, 3.63) is 65.1 Å². The summed E-state index contributed by atoms with van der Waals surface area (Å²) in [5.74, 6) is 1.04. The Morgan fingerprint density at radius 1 is 1.07 bits per heavy atom. The number of carbonyl (C=O) groups is 1. The van der Waals surface area contributed by atoms with E-state index in [1.54, 1.807) is 24.3 Å². The number of sulfone groups is 1. The molecule has 2 aromatic rings. The van der Waals surface area contributed by atoms with Crippen LogP contribution >= 0.6 is 0 Å². The van der Waals surface area contributed by atoms with Gasteiger partial charge in [0.15, 0.2) is 21.3 Å². The van der Waals surface area contributed by atoms with Crippen molar-refractivity contribution in [2.45, 2.75) is 25.8 Å². The minimum absolute atomic E-state index is 0.122. The number of hydrogen-bond donors (Lipinski definition) is 0. The number of carbonyl (C=O) groups excluding carboxylic acids is 1. The Kier molecular flexibility index (Phi) is 4.63. The third-order valence-corrected chi connectivity index (χ3v) is 6.30. The zero-order valence-corrected chi connectivity index (χ0v) is 16.5.